The molecule has 0 saturated carbocycles. The molecular formula is C11H7F3N2O2S. The van der Waals surface area contributed by atoms with E-state index in [1.807, 2.05) is 0 Å². The van der Waals surface area contributed by atoms with E-state index in [0.717, 1.165) is 23.5 Å². The minimum absolute atomic E-state index is 0.00880. The summed E-state index contributed by atoms with van der Waals surface area (Å²) in [6.45, 7) is 1.48. The van der Waals surface area contributed by atoms with Gasteiger partial charge in [0.1, 0.15) is 4.88 Å². The van der Waals surface area contributed by atoms with Crippen LogP contribution in [0.15, 0.2) is 12.1 Å². The molecule has 0 aliphatic rings. The minimum atomic E-state index is -1.60. The average Bonchev–Trinajstić information content (AvgIpc) is 2.71. The molecule has 2 rings (SSSR count). The number of carboxylic acid groups (broad SMARTS) is 1. The SMILES string of the molecule is Cc1nc(Nc2ccc(F)c(F)c2F)sc1C(=O)O. The van der Waals surface area contributed by atoms with Crippen LogP contribution in [0.1, 0.15) is 15.4 Å². The number of halogens is 3. The van der Waals surface area contributed by atoms with Gasteiger partial charge in [-0.05, 0) is 19.1 Å². The highest BCUT2D eigenvalue weighted by molar-refractivity contribution is 7.17. The predicted octanol–water partition coefficient (Wildman–Crippen LogP) is 3.31. The third-order valence-electron chi connectivity index (χ3n) is 2.27. The van der Waals surface area contributed by atoms with Crippen LogP contribution in [0.25, 0.3) is 0 Å². The van der Waals surface area contributed by atoms with Gasteiger partial charge in [-0.2, -0.15) is 0 Å². The lowest BCUT2D eigenvalue weighted by atomic mass is 10.3. The van der Waals surface area contributed by atoms with Gasteiger partial charge in [-0.15, -0.1) is 0 Å². The zero-order chi connectivity index (χ0) is 14.2. The second kappa shape index (κ2) is 4.88. The topological polar surface area (TPSA) is 62.2 Å². The molecule has 1 heterocycles. The largest absolute Gasteiger partial charge is 0.477 e. The number of carboxylic acids is 1. The summed E-state index contributed by atoms with van der Waals surface area (Å²) in [5, 5.41) is 11.3. The Morgan fingerprint density at radius 2 is 2.00 bits per heavy atom. The third-order valence-corrected chi connectivity index (χ3v) is 3.33. The number of aromatic carboxylic acids is 1. The summed E-state index contributed by atoms with van der Waals surface area (Å²) in [5.41, 5.74) is -0.0624. The number of hydrogen-bond donors (Lipinski definition) is 2. The summed E-state index contributed by atoms with van der Waals surface area (Å²) in [5.74, 6) is -5.44. The standard InChI is InChI=1S/C11H7F3N2O2S/c1-4-9(10(17)18)19-11(15-4)16-6-3-2-5(12)7(13)8(6)14/h2-3H,1H3,(H,15,16)(H,17,18). The molecule has 8 heteroatoms. The van der Waals surface area contributed by atoms with Crippen LogP contribution in [-0.4, -0.2) is 16.1 Å². The first kappa shape index (κ1) is 13.3. The van der Waals surface area contributed by atoms with E-state index in [-0.39, 0.29) is 21.4 Å². The van der Waals surface area contributed by atoms with Crippen LogP contribution in [0.5, 0.6) is 0 Å². The molecule has 0 atom stereocenters. The lowest BCUT2D eigenvalue weighted by Gasteiger charge is -2.04. The number of benzene rings is 1. The maximum absolute atomic E-state index is 13.4. The Kier molecular flexibility index (Phi) is 3.43. The summed E-state index contributed by atoms with van der Waals surface area (Å²) < 4.78 is 39.1. The first-order valence-electron chi connectivity index (χ1n) is 5.01. The fraction of sp³-hybridized carbons (Fsp3) is 0.0909. The highest BCUT2D eigenvalue weighted by atomic mass is 32.1. The molecule has 0 amide bonds. The van der Waals surface area contributed by atoms with Crippen LogP contribution in [-0.2, 0) is 0 Å². The van der Waals surface area contributed by atoms with Gasteiger partial charge in [-0.25, -0.2) is 22.9 Å². The molecule has 100 valence electrons. The van der Waals surface area contributed by atoms with Crippen molar-refractivity contribution in [3.63, 3.8) is 0 Å². The molecule has 2 N–H and O–H groups in total. The van der Waals surface area contributed by atoms with Crippen LogP contribution in [0.2, 0.25) is 0 Å². The van der Waals surface area contributed by atoms with Crippen LogP contribution >= 0.6 is 11.3 Å². The molecule has 1 aromatic heterocycles. The van der Waals surface area contributed by atoms with E-state index in [4.69, 9.17) is 5.11 Å². The number of nitrogens with zero attached hydrogens (tertiary/aromatic N) is 1. The van der Waals surface area contributed by atoms with E-state index < -0.39 is 23.4 Å². The summed E-state index contributed by atoms with van der Waals surface area (Å²) in [4.78, 5) is 14.7. The van der Waals surface area contributed by atoms with Crippen molar-refractivity contribution in [3.8, 4) is 0 Å². The van der Waals surface area contributed by atoms with Crippen molar-refractivity contribution in [1.82, 2.24) is 4.98 Å². The van der Waals surface area contributed by atoms with Gasteiger partial charge in [0, 0.05) is 0 Å². The van der Waals surface area contributed by atoms with Gasteiger partial charge >= 0.3 is 5.97 Å². The Morgan fingerprint density at radius 1 is 1.32 bits per heavy atom. The number of anilines is 2. The Labute approximate surface area is 109 Å². The van der Waals surface area contributed by atoms with Gasteiger partial charge in [-0.3, -0.25) is 0 Å². The van der Waals surface area contributed by atoms with Gasteiger partial charge in [0.15, 0.2) is 22.6 Å². The molecule has 19 heavy (non-hydrogen) atoms. The maximum atomic E-state index is 13.4. The van der Waals surface area contributed by atoms with Crippen molar-refractivity contribution in [3.05, 3.63) is 40.2 Å². The van der Waals surface area contributed by atoms with E-state index in [9.17, 15) is 18.0 Å². The van der Waals surface area contributed by atoms with Crippen LogP contribution in [0.3, 0.4) is 0 Å². The zero-order valence-corrected chi connectivity index (χ0v) is 10.3. The van der Waals surface area contributed by atoms with E-state index in [0.29, 0.717) is 0 Å². The number of hydrogen-bond acceptors (Lipinski definition) is 4. The summed E-state index contributed by atoms with van der Waals surface area (Å²) in [6, 6.07) is 1.77. The summed E-state index contributed by atoms with van der Waals surface area (Å²) >= 11 is 0.777. The average molecular weight is 288 g/mol. The molecule has 1 aromatic carbocycles. The molecule has 0 saturated heterocycles. The van der Waals surface area contributed by atoms with Crippen molar-refractivity contribution >= 4 is 28.1 Å². The number of carbonyl (C=O) groups is 1. The van der Waals surface area contributed by atoms with Crippen LogP contribution < -0.4 is 5.32 Å². The van der Waals surface area contributed by atoms with Crippen molar-refractivity contribution in [2.75, 3.05) is 5.32 Å². The monoisotopic (exact) mass is 288 g/mol. The number of aryl methyl sites for hydroxylation is 1. The Hall–Kier alpha value is -2.09. The maximum Gasteiger partial charge on any atom is 0.347 e. The Morgan fingerprint density at radius 3 is 2.58 bits per heavy atom. The fourth-order valence-corrected chi connectivity index (χ4v) is 2.20. The highest BCUT2D eigenvalue weighted by Crippen LogP contribution is 2.28. The van der Waals surface area contributed by atoms with E-state index in [2.05, 4.69) is 10.3 Å². The first-order valence-corrected chi connectivity index (χ1v) is 5.83. The van der Waals surface area contributed by atoms with Gasteiger partial charge in [0.25, 0.3) is 0 Å². The van der Waals surface area contributed by atoms with Crippen LogP contribution in [0, 0.1) is 24.4 Å². The number of rotatable bonds is 3. The molecule has 0 bridgehead atoms. The Bertz CT molecular complexity index is 658. The second-order valence-electron chi connectivity index (χ2n) is 3.59. The molecule has 2 aromatic rings. The number of thiazole rings is 1. The van der Waals surface area contributed by atoms with Crippen molar-refractivity contribution in [2.24, 2.45) is 0 Å². The zero-order valence-electron chi connectivity index (χ0n) is 9.50. The molecule has 0 unspecified atom stereocenters. The normalized spacial score (nSPS) is 10.5. The first-order chi connectivity index (χ1) is 8.90. The van der Waals surface area contributed by atoms with E-state index in [1.54, 1.807) is 0 Å². The number of aromatic nitrogens is 1. The lowest BCUT2D eigenvalue weighted by molar-refractivity contribution is 0.0701. The summed E-state index contributed by atoms with van der Waals surface area (Å²) in [6.07, 6.45) is 0. The van der Waals surface area contributed by atoms with Crippen molar-refractivity contribution in [2.45, 2.75) is 6.92 Å². The second-order valence-corrected chi connectivity index (χ2v) is 4.59. The van der Waals surface area contributed by atoms with E-state index in [1.165, 1.54) is 6.92 Å². The highest BCUT2D eigenvalue weighted by Gasteiger charge is 2.17. The molecule has 0 aliphatic carbocycles. The summed E-state index contributed by atoms with van der Waals surface area (Å²) in [7, 11) is 0. The van der Waals surface area contributed by atoms with Gasteiger partial charge in [0.2, 0.25) is 0 Å². The third kappa shape index (κ3) is 2.53. The van der Waals surface area contributed by atoms with Gasteiger partial charge in [-0.1, -0.05) is 11.3 Å². The van der Waals surface area contributed by atoms with Gasteiger partial charge < -0.3 is 10.4 Å². The number of nitrogens with one attached hydrogen (secondary N) is 1. The molecule has 0 spiro atoms. The van der Waals surface area contributed by atoms with Gasteiger partial charge in [0.05, 0.1) is 11.4 Å². The Balaban J connectivity index is 2.34. The minimum Gasteiger partial charge on any atom is -0.477 e. The quantitative estimate of drug-likeness (QED) is 0.851. The van der Waals surface area contributed by atoms with Crippen LogP contribution in [0.4, 0.5) is 24.0 Å². The molecular weight excluding hydrogens is 281 g/mol. The van der Waals surface area contributed by atoms with Crippen molar-refractivity contribution < 1.29 is 23.1 Å². The molecule has 4 nitrogen and oxygen atoms in total. The smallest absolute Gasteiger partial charge is 0.347 e. The molecule has 0 fully saturated rings. The predicted molar refractivity (Wildman–Crippen MR) is 63.4 cm³/mol. The van der Waals surface area contributed by atoms with E-state index >= 15 is 0 Å². The van der Waals surface area contributed by atoms with Crippen molar-refractivity contribution in [1.29, 1.82) is 0 Å². The fourth-order valence-electron chi connectivity index (χ4n) is 1.39. The molecule has 0 radical (unpaired) electrons. The lowest BCUT2D eigenvalue weighted by Crippen LogP contribution is -1.98. The molecule has 0 aliphatic heterocycles.